The molecule has 0 atom stereocenters. The molecule has 1 fully saturated rings. The van der Waals surface area contributed by atoms with Crippen molar-refractivity contribution in [3.8, 4) is 0 Å². The molecule has 0 unspecified atom stereocenters. The molecular formula is C19H20N2O2. The average Bonchev–Trinajstić information content (AvgIpc) is 3.04. The lowest BCUT2D eigenvalue weighted by molar-refractivity contribution is 0.0601. The van der Waals surface area contributed by atoms with Crippen LogP contribution in [0.5, 0.6) is 0 Å². The van der Waals surface area contributed by atoms with E-state index in [9.17, 15) is 4.79 Å². The Morgan fingerprint density at radius 2 is 1.96 bits per heavy atom. The summed E-state index contributed by atoms with van der Waals surface area (Å²) in [6.07, 6.45) is 1.97. The van der Waals surface area contributed by atoms with E-state index in [1.165, 1.54) is 7.11 Å². The van der Waals surface area contributed by atoms with Crippen LogP contribution in [0.4, 0.5) is 11.4 Å². The van der Waals surface area contributed by atoms with E-state index in [4.69, 9.17) is 9.73 Å². The fraction of sp³-hybridized carbons (Fsp3) is 0.263. The van der Waals surface area contributed by atoms with Crippen molar-refractivity contribution in [2.24, 2.45) is 4.99 Å². The van der Waals surface area contributed by atoms with Crippen molar-refractivity contribution in [1.82, 2.24) is 0 Å². The molecule has 4 heteroatoms. The zero-order chi connectivity index (χ0) is 16.2. The maximum atomic E-state index is 12.0. The van der Waals surface area contributed by atoms with Crippen molar-refractivity contribution in [1.29, 1.82) is 0 Å². The number of aryl methyl sites for hydroxylation is 1. The molecule has 1 heterocycles. The summed E-state index contributed by atoms with van der Waals surface area (Å²) in [7, 11) is 1.40. The van der Waals surface area contributed by atoms with E-state index in [0.717, 1.165) is 36.5 Å². The van der Waals surface area contributed by atoms with Crippen LogP contribution in [-0.4, -0.2) is 25.5 Å². The molecule has 0 bridgehead atoms. The van der Waals surface area contributed by atoms with Crippen LogP contribution in [-0.2, 0) is 4.74 Å². The Balaban J connectivity index is 1.99. The Morgan fingerprint density at radius 3 is 2.70 bits per heavy atom. The molecular weight excluding hydrogens is 288 g/mol. The third kappa shape index (κ3) is 3.26. The summed E-state index contributed by atoms with van der Waals surface area (Å²) >= 11 is 0. The van der Waals surface area contributed by atoms with Crippen molar-refractivity contribution in [3.05, 3.63) is 59.7 Å². The maximum Gasteiger partial charge on any atom is 0.340 e. The van der Waals surface area contributed by atoms with Gasteiger partial charge in [0.25, 0.3) is 0 Å². The number of benzene rings is 2. The van der Waals surface area contributed by atoms with Crippen LogP contribution in [0.25, 0.3) is 0 Å². The van der Waals surface area contributed by atoms with Gasteiger partial charge in [-0.2, -0.15) is 0 Å². The van der Waals surface area contributed by atoms with Gasteiger partial charge in [0.1, 0.15) is 5.84 Å². The average molecular weight is 308 g/mol. The molecule has 2 aromatic carbocycles. The Hall–Kier alpha value is -2.62. The van der Waals surface area contributed by atoms with Crippen LogP contribution in [0.15, 0.2) is 53.5 Å². The molecule has 118 valence electrons. The number of methoxy groups -OCH3 is 1. The van der Waals surface area contributed by atoms with Crippen LogP contribution < -0.4 is 4.90 Å². The minimum absolute atomic E-state index is 0.350. The van der Waals surface area contributed by atoms with Gasteiger partial charge in [-0.15, -0.1) is 0 Å². The summed E-state index contributed by atoms with van der Waals surface area (Å²) in [4.78, 5) is 19.0. The van der Waals surface area contributed by atoms with Gasteiger partial charge in [0.15, 0.2) is 0 Å². The number of anilines is 1. The van der Waals surface area contributed by atoms with E-state index in [2.05, 4.69) is 17.0 Å². The molecule has 1 saturated heterocycles. The van der Waals surface area contributed by atoms with E-state index in [1.54, 1.807) is 0 Å². The zero-order valence-corrected chi connectivity index (χ0v) is 13.5. The van der Waals surface area contributed by atoms with Gasteiger partial charge < -0.3 is 9.64 Å². The fourth-order valence-electron chi connectivity index (χ4n) is 2.82. The third-order valence-electron chi connectivity index (χ3n) is 3.97. The molecule has 0 amide bonds. The standard InChI is InChI=1S/C19H20N2O2/c1-14-10-11-17(16(13-14)19(22)23-2)20-18-9-6-12-21(18)15-7-4-3-5-8-15/h3-5,7-8,10-11,13H,6,9,12H2,1-2H3. The predicted octanol–water partition coefficient (Wildman–Crippen LogP) is 4.11. The summed E-state index contributed by atoms with van der Waals surface area (Å²) in [6.45, 7) is 2.90. The number of ether oxygens (including phenoxy) is 1. The van der Waals surface area contributed by atoms with Gasteiger partial charge >= 0.3 is 5.97 Å². The molecule has 0 aliphatic carbocycles. The Morgan fingerprint density at radius 1 is 1.17 bits per heavy atom. The molecule has 4 nitrogen and oxygen atoms in total. The highest BCUT2D eigenvalue weighted by molar-refractivity contribution is 6.03. The first kappa shape index (κ1) is 15.3. The zero-order valence-electron chi connectivity index (χ0n) is 13.5. The largest absolute Gasteiger partial charge is 0.465 e. The smallest absolute Gasteiger partial charge is 0.340 e. The van der Waals surface area contributed by atoms with Gasteiger partial charge in [-0.05, 0) is 37.6 Å². The van der Waals surface area contributed by atoms with E-state index in [0.29, 0.717) is 11.3 Å². The van der Waals surface area contributed by atoms with Gasteiger partial charge in [0, 0.05) is 18.7 Å². The van der Waals surface area contributed by atoms with Gasteiger partial charge in [0.2, 0.25) is 0 Å². The topological polar surface area (TPSA) is 41.9 Å². The van der Waals surface area contributed by atoms with Crippen molar-refractivity contribution in [3.63, 3.8) is 0 Å². The monoisotopic (exact) mass is 308 g/mol. The van der Waals surface area contributed by atoms with Crippen LogP contribution in [0.2, 0.25) is 0 Å². The van der Waals surface area contributed by atoms with Gasteiger partial charge in [-0.1, -0.05) is 29.8 Å². The Labute approximate surface area is 136 Å². The number of hydrogen-bond donors (Lipinski definition) is 0. The lowest BCUT2D eigenvalue weighted by Crippen LogP contribution is -2.23. The van der Waals surface area contributed by atoms with Crippen LogP contribution in [0, 0.1) is 6.92 Å². The number of nitrogens with zero attached hydrogens (tertiary/aromatic N) is 2. The van der Waals surface area contributed by atoms with Gasteiger partial charge in [-0.3, -0.25) is 0 Å². The van der Waals surface area contributed by atoms with E-state index < -0.39 is 0 Å². The van der Waals surface area contributed by atoms with Crippen LogP contribution in [0.1, 0.15) is 28.8 Å². The summed E-state index contributed by atoms with van der Waals surface area (Å²) in [5.41, 5.74) is 3.33. The normalized spacial score (nSPS) is 15.9. The Bertz CT molecular complexity index is 738. The lowest BCUT2D eigenvalue weighted by atomic mass is 10.1. The number of esters is 1. The van der Waals surface area contributed by atoms with Crippen LogP contribution >= 0.6 is 0 Å². The molecule has 23 heavy (non-hydrogen) atoms. The first-order valence-corrected chi connectivity index (χ1v) is 7.78. The van der Waals surface area contributed by atoms with E-state index >= 15 is 0 Å². The van der Waals surface area contributed by atoms with Crippen molar-refractivity contribution < 1.29 is 9.53 Å². The molecule has 0 aromatic heterocycles. The maximum absolute atomic E-state index is 12.0. The SMILES string of the molecule is COC(=O)c1cc(C)ccc1N=C1CCCN1c1ccccc1. The number of aliphatic imine (C=N–C) groups is 1. The highest BCUT2D eigenvalue weighted by Gasteiger charge is 2.21. The van der Waals surface area contributed by atoms with Crippen molar-refractivity contribution in [2.45, 2.75) is 19.8 Å². The van der Waals surface area contributed by atoms with Crippen molar-refractivity contribution >= 4 is 23.2 Å². The predicted molar refractivity (Wildman–Crippen MR) is 92.6 cm³/mol. The highest BCUT2D eigenvalue weighted by Crippen LogP contribution is 2.27. The first-order valence-electron chi connectivity index (χ1n) is 7.78. The third-order valence-corrected chi connectivity index (χ3v) is 3.97. The minimum atomic E-state index is -0.350. The van der Waals surface area contributed by atoms with Gasteiger partial charge in [0.05, 0.1) is 18.4 Å². The molecule has 1 aliphatic heterocycles. The van der Waals surface area contributed by atoms with Crippen LogP contribution in [0.3, 0.4) is 0 Å². The first-order chi connectivity index (χ1) is 11.2. The number of carbonyl (C=O) groups excluding carboxylic acids is 1. The summed E-state index contributed by atoms with van der Waals surface area (Å²) < 4.78 is 4.89. The second-order valence-electron chi connectivity index (χ2n) is 5.63. The molecule has 0 radical (unpaired) electrons. The Kier molecular flexibility index (Phi) is 4.42. The fourth-order valence-corrected chi connectivity index (χ4v) is 2.82. The lowest BCUT2D eigenvalue weighted by Gasteiger charge is -2.19. The number of rotatable bonds is 3. The highest BCUT2D eigenvalue weighted by atomic mass is 16.5. The number of hydrogen-bond acceptors (Lipinski definition) is 3. The summed E-state index contributed by atoms with van der Waals surface area (Å²) in [6, 6.07) is 15.9. The number of amidine groups is 1. The molecule has 3 rings (SSSR count). The molecule has 0 saturated carbocycles. The molecule has 2 aromatic rings. The summed E-state index contributed by atoms with van der Waals surface area (Å²) in [5, 5.41) is 0. The number of para-hydroxylation sites is 1. The van der Waals surface area contributed by atoms with E-state index in [-0.39, 0.29) is 5.97 Å². The summed E-state index contributed by atoms with van der Waals surface area (Å²) in [5.74, 6) is 0.641. The van der Waals surface area contributed by atoms with Crippen molar-refractivity contribution in [2.75, 3.05) is 18.6 Å². The molecule has 1 aliphatic rings. The molecule has 0 spiro atoms. The second-order valence-corrected chi connectivity index (χ2v) is 5.63. The number of carbonyl (C=O) groups is 1. The van der Waals surface area contributed by atoms with E-state index in [1.807, 2.05) is 43.3 Å². The van der Waals surface area contributed by atoms with Gasteiger partial charge in [-0.25, -0.2) is 9.79 Å². The molecule has 0 N–H and O–H groups in total. The quantitative estimate of drug-likeness (QED) is 0.801. The minimum Gasteiger partial charge on any atom is -0.465 e. The second kappa shape index (κ2) is 6.65.